The van der Waals surface area contributed by atoms with Gasteiger partial charge in [0.1, 0.15) is 5.76 Å². The monoisotopic (exact) mass is 351 g/mol. The van der Waals surface area contributed by atoms with Crippen LogP contribution in [0, 0.1) is 0 Å². The standard InChI is InChI=1S/C14H11Cl2N5O2/c1-2-21-19-14(18-20-21)17-13(22)12-6-5-11(23-12)9-4-3-8(15)7-10(9)16/h3-7H,2H2,1H3,(H,17,19,22). The van der Waals surface area contributed by atoms with Gasteiger partial charge in [0, 0.05) is 10.6 Å². The van der Waals surface area contributed by atoms with Gasteiger partial charge in [-0.2, -0.15) is 4.80 Å². The average molecular weight is 352 g/mol. The zero-order valence-corrected chi connectivity index (χ0v) is 13.5. The number of nitrogens with zero attached hydrogens (tertiary/aromatic N) is 4. The maximum atomic E-state index is 12.1. The number of nitrogens with one attached hydrogen (secondary N) is 1. The Hall–Kier alpha value is -2.38. The number of hydrogen-bond acceptors (Lipinski definition) is 5. The summed E-state index contributed by atoms with van der Waals surface area (Å²) in [7, 11) is 0. The highest BCUT2D eigenvalue weighted by Gasteiger charge is 2.16. The fourth-order valence-corrected chi connectivity index (χ4v) is 2.39. The highest BCUT2D eigenvalue weighted by atomic mass is 35.5. The van der Waals surface area contributed by atoms with Gasteiger partial charge in [-0.15, -0.1) is 5.10 Å². The predicted molar refractivity (Wildman–Crippen MR) is 85.6 cm³/mol. The summed E-state index contributed by atoms with van der Waals surface area (Å²) < 4.78 is 5.54. The lowest BCUT2D eigenvalue weighted by atomic mass is 10.2. The fraction of sp³-hybridized carbons (Fsp3) is 0.143. The molecule has 0 spiro atoms. The summed E-state index contributed by atoms with van der Waals surface area (Å²) in [6.45, 7) is 2.42. The van der Waals surface area contributed by atoms with Crippen LogP contribution in [0.15, 0.2) is 34.7 Å². The Morgan fingerprint density at radius 1 is 1.30 bits per heavy atom. The van der Waals surface area contributed by atoms with E-state index in [-0.39, 0.29) is 11.7 Å². The summed E-state index contributed by atoms with van der Waals surface area (Å²) >= 11 is 12.0. The maximum Gasteiger partial charge on any atom is 0.293 e. The van der Waals surface area contributed by atoms with Crippen LogP contribution in [0.25, 0.3) is 11.3 Å². The molecule has 23 heavy (non-hydrogen) atoms. The zero-order chi connectivity index (χ0) is 16.4. The van der Waals surface area contributed by atoms with Gasteiger partial charge in [0.25, 0.3) is 11.9 Å². The lowest BCUT2D eigenvalue weighted by Gasteiger charge is -2.01. The SMILES string of the molecule is CCn1nnc(NC(=O)c2ccc(-c3ccc(Cl)cc3Cl)o2)n1. The first-order valence-electron chi connectivity index (χ1n) is 6.71. The Balaban J connectivity index is 1.79. The molecule has 0 aliphatic rings. The molecule has 7 nitrogen and oxygen atoms in total. The molecular weight excluding hydrogens is 341 g/mol. The molecule has 9 heteroatoms. The minimum absolute atomic E-state index is 0.110. The Bertz CT molecular complexity index is 858. The van der Waals surface area contributed by atoms with Crippen molar-refractivity contribution in [2.24, 2.45) is 0 Å². The first-order chi connectivity index (χ1) is 11.1. The van der Waals surface area contributed by atoms with E-state index in [1.54, 1.807) is 30.3 Å². The van der Waals surface area contributed by atoms with E-state index in [1.807, 2.05) is 6.92 Å². The van der Waals surface area contributed by atoms with E-state index in [0.717, 1.165) is 0 Å². The van der Waals surface area contributed by atoms with E-state index in [1.165, 1.54) is 4.80 Å². The van der Waals surface area contributed by atoms with Crippen molar-refractivity contribution in [2.45, 2.75) is 13.5 Å². The molecule has 3 rings (SSSR count). The third-order valence-corrected chi connectivity index (χ3v) is 3.54. The van der Waals surface area contributed by atoms with Crippen LogP contribution in [0.1, 0.15) is 17.5 Å². The van der Waals surface area contributed by atoms with Crippen LogP contribution in [-0.2, 0) is 6.54 Å². The van der Waals surface area contributed by atoms with Gasteiger partial charge in [0.2, 0.25) is 0 Å². The van der Waals surface area contributed by atoms with E-state index in [0.29, 0.717) is 27.9 Å². The van der Waals surface area contributed by atoms with Crippen LogP contribution >= 0.6 is 23.2 Å². The Labute approximate surface area is 141 Å². The number of aryl methyl sites for hydroxylation is 1. The quantitative estimate of drug-likeness (QED) is 0.777. The number of aromatic nitrogens is 4. The van der Waals surface area contributed by atoms with Crippen molar-refractivity contribution < 1.29 is 9.21 Å². The Kier molecular flexibility index (Phi) is 4.31. The lowest BCUT2D eigenvalue weighted by Crippen LogP contribution is -2.12. The van der Waals surface area contributed by atoms with Crippen LogP contribution < -0.4 is 5.32 Å². The number of halogens is 2. The van der Waals surface area contributed by atoms with Gasteiger partial charge in [-0.3, -0.25) is 10.1 Å². The molecule has 0 aliphatic carbocycles. The topological polar surface area (TPSA) is 85.8 Å². The van der Waals surface area contributed by atoms with Crippen molar-refractivity contribution in [3.63, 3.8) is 0 Å². The molecule has 2 aromatic heterocycles. The van der Waals surface area contributed by atoms with E-state index in [2.05, 4.69) is 20.7 Å². The third kappa shape index (κ3) is 3.35. The minimum atomic E-state index is -0.475. The molecule has 0 unspecified atom stereocenters. The molecule has 0 aliphatic heterocycles. The number of rotatable bonds is 4. The van der Waals surface area contributed by atoms with Gasteiger partial charge in [-0.25, -0.2) is 0 Å². The number of carbonyl (C=O) groups is 1. The van der Waals surface area contributed by atoms with Crippen molar-refractivity contribution in [1.29, 1.82) is 0 Å². The molecular formula is C14H11Cl2N5O2. The van der Waals surface area contributed by atoms with Crippen molar-refractivity contribution in [3.05, 3.63) is 46.1 Å². The fourth-order valence-electron chi connectivity index (χ4n) is 1.88. The van der Waals surface area contributed by atoms with Crippen molar-refractivity contribution in [3.8, 4) is 11.3 Å². The molecule has 0 fully saturated rings. The molecule has 0 saturated heterocycles. The predicted octanol–water partition coefficient (Wildman–Crippen LogP) is 3.51. The maximum absolute atomic E-state index is 12.1. The van der Waals surface area contributed by atoms with Gasteiger partial charge in [0.05, 0.1) is 11.6 Å². The number of hydrogen-bond donors (Lipinski definition) is 1. The van der Waals surface area contributed by atoms with Crippen molar-refractivity contribution in [1.82, 2.24) is 20.2 Å². The van der Waals surface area contributed by atoms with Crippen LogP contribution in [0.2, 0.25) is 10.0 Å². The van der Waals surface area contributed by atoms with Gasteiger partial charge < -0.3 is 4.42 Å². The van der Waals surface area contributed by atoms with Gasteiger partial charge >= 0.3 is 0 Å². The number of carbonyl (C=O) groups excluding carboxylic acids is 1. The van der Waals surface area contributed by atoms with Gasteiger partial charge in [-0.1, -0.05) is 28.3 Å². The molecule has 0 saturated carbocycles. The Morgan fingerprint density at radius 3 is 2.83 bits per heavy atom. The number of amides is 1. The molecule has 1 N–H and O–H groups in total. The first kappa shape index (κ1) is 15.5. The van der Waals surface area contributed by atoms with Crippen molar-refractivity contribution >= 4 is 35.1 Å². The minimum Gasteiger partial charge on any atom is -0.451 e. The molecule has 2 heterocycles. The van der Waals surface area contributed by atoms with Gasteiger partial charge in [-0.05, 0) is 42.5 Å². The summed E-state index contributed by atoms with van der Waals surface area (Å²) in [4.78, 5) is 13.5. The number of benzene rings is 1. The van der Waals surface area contributed by atoms with E-state index < -0.39 is 5.91 Å². The summed E-state index contributed by atoms with van der Waals surface area (Å²) in [5.74, 6) is 0.206. The second-order valence-corrected chi connectivity index (χ2v) is 5.39. The number of furan rings is 1. The molecule has 1 amide bonds. The molecule has 0 bridgehead atoms. The third-order valence-electron chi connectivity index (χ3n) is 2.99. The molecule has 3 aromatic rings. The summed E-state index contributed by atoms with van der Waals surface area (Å²) in [6.07, 6.45) is 0. The van der Waals surface area contributed by atoms with E-state index in [4.69, 9.17) is 27.6 Å². The normalized spacial score (nSPS) is 10.7. The van der Waals surface area contributed by atoms with Crippen LogP contribution in [0.4, 0.5) is 5.95 Å². The number of tetrazole rings is 1. The second-order valence-electron chi connectivity index (χ2n) is 4.54. The summed E-state index contributed by atoms with van der Waals surface area (Å²) in [6, 6.07) is 8.21. The molecule has 0 radical (unpaired) electrons. The smallest absolute Gasteiger partial charge is 0.293 e. The van der Waals surface area contributed by atoms with Crippen LogP contribution in [0.5, 0.6) is 0 Å². The number of anilines is 1. The molecule has 118 valence electrons. The van der Waals surface area contributed by atoms with Crippen LogP contribution in [0.3, 0.4) is 0 Å². The molecule has 0 atom stereocenters. The lowest BCUT2D eigenvalue weighted by molar-refractivity contribution is 0.0996. The van der Waals surface area contributed by atoms with E-state index >= 15 is 0 Å². The van der Waals surface area contributed by atoms with E-state index in [9.17, 15) is 4.79 Å². The van der Waals surface area contributed by atoms with Crippen LogP contribution in [-0.4, -0.2) is 26.1 Å². The average Bonchev–Trinajstić information content (AvgIpc) is 3.16. The van der Waals surface area contributed by atoms with Gasteiger partial charge in [0.15, 0.2) is 5.76 Å². The summed E-state index contributed by atoms with van der Waals surface area (Å²) in [5, 5.41) is 14.9. The molecule has 1 aromatic carbocycles. The second kappa shape index (κ2) is 6.39. The Morgan fingerprint density at radius 2 is 2.13 bits per heavy atom. The highest BCUT2D eigenvalue weighted by Crippen LogP contribution is 2.31. The van der Waals surface area contributed by atoms with Crippen molar-refractivity contribution in [2.75, 3.05) is 5.32 Å². The zero-order valence-electron chi connectivity index (χ0n) is 12.0. The largest absolute Gasteiger partial charge is 0.451 e. The highest BCUT2D eigenvalue weighted by molar-refractivity contribution is 6.36. The summed E-state index contributed by atoms with van der Waals surface area (Å²) in [5.41, 5.74) is 0.644. The first-order valence-corrected chi connectivity index (χ1v) is 7.47.